The first-order valence-electron chi connectivity index (χ1n) is 10.6. The molecule has 1 amide bonds. The quantitative estimate of drug-likeness (QED) is 0.391. The molecule has 3 aliphatic rings. The summed E-state index contributed by atoms with van der Waals surface area (Å²) < 4.78 is 17.7. The molecule has 7 nitrogen and oxygen atoms in total. The average molecular weight is 500 g/mol. The van der Waals surface area contributed by atoms with Gasteiger partial charge in [0.15, 0.2) is 11.5 Å². The summed E-state index contributed by atoms with van der Waals surface area (Å²) in [7, 11) is 0. The normalized spacial score (nSPS) is 24.2. The number of carbonyl (C=O) groups is 2. The molecule has 0 saturated carbocycles. The molecule has 2 aromatic carbocycles. The maximum absolute atomic E-state index is 13.1. The Balaban J connectivity index is 1.61. The van der Waals surface area contributed by atoms with Gasteiger partial charge in [0.1, 0.15) is 19.0 Å². The summed E-state index contributed by atoms with van der Waals surface area (Å²) in [6.07, 6.45) is 1.63. The number of rotatable bonds is 4. The van der Waals surface area contributed by atoms with E-state index < -0.39 is 17.7 Å². The zero-order valence-electron chi connectivity index (χ0n) is 17.3. The summed E-state index contributed by atoms with van der Waals surface area (Å²) in [5.74, 6) is -0.506. The van der Waals surface area contributed by atoms with Gasteiger partial charge in [0.25, 0.3) is 11.7 Å². The van der Waals surface area contributed by atoms with E-state index in [1.807, 2.05) is 24.3 Å². The molecule has 2 aromatic rings. The standard InChI is InChI=1S/C24H22BrNO6/c25-16-4-1-3-14(11-16)21-20(23(28)24(29)26(21)13-17-5-2-8-30-17)22(27)15-6-7-18-19(12-15)32-10-9-31-18/h1,3-4,6-7,11-12,17,21,27H,2,5,8-10,13H2/b22-20+. The highest BCUT2D eigenvalue weighted by Gasteiger charge is 2.47. The van der Waals surface area contributed by atoms with Gasteiger partial charge in [0.2, 0.25) is 0 Å². The van der Waals surface area contributed by atoms with Crippen LogP contribution in [0.1, 0.15) is 30.0 Å². The first kappa shape index (κ1) is 21.0. The van der Waals surface area contributed by atoms with Crippen molar-refractivity contribution in [3.63, 3.8) is 0 Å². The number of ketones is 1. The Morgan fingerprint density at radius 3 is 2.62 bits per heavy atom. The van der Waals surface area contributed by atoms with E-state index in [0.717, 1.165) is 22.9 Å². The number of hydrogen-bond acceptors (Lipinski definition) is 6. The van der Waals surface area contributed by atoms with Gasteiger partial charge in [0.05, 0.1) is 17.7 Å². The third kappa shape index (κ3) is 3.78. The summed E-state index contributed by atoms with van der Waals surface area (Å²) in [5.41, 5.74) is 1.18. The molecule has 0 aliphatic carbocycles. The number of amides is 1. The van der Waals surface area contributed by atoms with Crippen LogP contribution in [0.25, 0.3) is 5.76 Å². The van der Waals surface area contributed by atoms with Crippen molar-refractivity contribution in [1.82, 2.24) is 4.90 Å². The molecule has 0 spiro atoms. The Morgan fingerprint density at radius 1 is 1.06 bits per heavy atom. The van der Waals surface area contributed by atoms with E-state index in [1.54, 1.807) is 18.2 Å². The largest absolute Gasteiger partial charge is 0.507 e. The number of halogens is 1. The smallest absolute Gasteiger partial charge is 0.295 e. The molecule has 32 heavy (non-hydrogen) atoms. The number of fused-ring (bicyclic) bond motifs is 1. The average Bonchev–Trinajstić information content (AvgIpc) is 3.41. The van der Waals surface area contributed by atoms with Crippen LogP contribution in [-0.2, 0) is 14.3 Å². The molecule has 3 aliphatic heterocycles. The fourth-order valence-electron chi connectivity index (χ4n) is 4.45. The monoisotopic (exact) mass is 499 g/mol. The molecule has 166 valence electrons. The number of nitrogens with zero attached hydrogens (tertiary/aromatic N) is 1. The van der Waals surface area contributed by atoms with Crippen LogP contribution >= 0.6 is 15.9 Å². The van der Waals surface area contributed by atoms with Crippen molar-refractivity contribution in [2.75, 3.05) is 26.4 Å². The minimum atomic E-state index is -0.718. The van der Waals surface area contributed by atoms with Crippen molar-refractivity contribution >= 4 is 33.4 Å². The molecular weight excluding hydrogens is 478 g/mol. The van der Waals surface area contributed by atoms with Crippen LogP contribution in [0.5, 0.6) is 11.5 Å². The highest BCUT2D eigenvalue weighted by Crippen LogP contribution is 2.42. The van der Waals surface area contributed by atoms with Crippen molar-refractivity contribution in [2.45, 2.75) is 25.0 Å². The number of carbonyl (C=O) groups excluding carboxylic acids is 2. The number of hydrogen-bond donors (Lipinski definition) is 1. The fourth-order valence-corrected chi connectivity index (χ4v) is 4.86. The molecule has 0 bridgehead atoms. The second kappa shape index (κ2) is 8.60. The highest BCUT2D eigenvalue weighted by atomic mass is 79.9. The molecule has 0 radical (unpaired) electrons. The minimum Gasteiger partial charge on any atom is -0.507 e. The van der Waals surface area contributed by atoms with E-state index in [1.165, 1.54) is 4.90 Å². The second-order valence-corrected chi connectivity index (χ2v) is 8.92. The number of aliphatic hydroxyl groups is 1. The van der Waals surface area contributed by atoms with Crippen LogP contribution < -0.4 is 9.47 Å². The van der Waals surface area contributed by atoms with Gasteiger partial charge in [-0.05, 0) is 48.7 Å². The first-order chi connectivity index (χ1) is 15.5. The number of ether oxygens (including phenoxy) is 3. The maximum Gasteiger partial charge on any atom is 0.295 e. The van der Waals surface area contributed by atoms with Gasteiger partial charge in [-0.2, -0.15) is 0 Å². The molecule has 2 saturated heterocycles. The van der Waals surface area contributed by atoms with E-state index in [2.05, 4.69) is 15.9 Å². The molecule has 2 unspecified atom stereocenters. The van der Waals surface area contributed by atoms with Gasteiger partial charge in [-0.25, -0.2) is 0 Å². The lowest BCUT2D eigenvalue weighted by Gasteiger charge is -2.27. The van der Waals surface area contributed by atoms with E-state index in [4.69, 9.17) is 14.2 Å². The van der Waals surface area contributed by atoms with Crippen LogP contribution in [0, 0.1) is 0 Å². The topological polar surface area (TPSA) is 85.3 Å². The number of benzene rings is 2. The summed E-state index contributed by atoms with van der Waals surface area (Å²) in [4.78, 5) is 27.7. The van der Waals surface area contributed by atoms with Crippen molar-refractivity contribution in [3.8, 4) is 11.5 Å². The van der Waals surface area contributed by atoms with Gasteiger partial charge in [0, 0.05) is 23.2 Å². The Labute approximate surface area is 193 Å². The molecule has 8 heteroatoms. The Hall–Kier alpha value is -2.84. The molecule has 0 aromatic heterocycles. The molecular formula is C24H22BrNO6. The van der Waals surface area contributed by atoms with Crippen LogP contribution in [0.3, 0.4) is 0 Å². The predicted octanol–water partition coefficient (Wildman–Crippen LogP) is 3.82. The van der Waals surface area contributed by atoms with Crippen LogP contribution in [0.4, 0.5) is 0 Å². The summed E-state index contributed by atoms with van der Waals surface area (Å²) >= 11 is 3.47. The summed E-state index contributed by atoms with van der Waals surface area (Å²) in [5, 5.41) is 11.2. The maximum atomic E-state index is 13.1. The zero-order chi connectivity index (χ0) is 22.2. The fraction of sp³-hybridized carbons (Fsp3) is 0.333. The van der Waals surface area contributed by atoms with Gasteiger partial charge in [-0.3, -0.25) is 9.59 Å². The van der Waals surface area contributed by atoms with Crippen LogP contribution in [0.2, 0.25) is 0 Å². The zero-order valence-corrected chi connectivity index (χ0v) is 18.8. The molecule has 3 heterocycles. The lowest BCUT2D eigenvalue weighted by Crippen LogP contribution is -2.36. The van der Waals surface area contributed by atoms with Crippen molar-refractivity contribution in [1.29, 1.82) is 0 Å². The summed E-state index contributed by atoms with van der Waals surface area (Å²) in [6.45, 7) is 1.80. The highest BCUT2D eigenvalue weighted by molar-refractivity contribution is 9.10. The van der Waals surface area contributed by atoms with Gasteiger partial charge in [-0.1, -0.05) is 28.1 Å². The van der Waals surface area contributed by atoms with E-state index in [0.29, 0.717) is 43.4 Å². The van der Waals surface area contributed by atoms with E-state index >= 15 is 0 Å². The first-order valence-corrected chi connectivity index (χ1v) is 11.4. The van der Waals surface area contributed by atoms with Gasteiger partial charge < -0.3 is 24.2 Å². The molecule has 2 fully saturated rings. The number of aliphatic hydroxyl groups excluding tert-OH is 1. The SMILES string of the molecule is O=C1C(=O)N(CC2CCCO2)C(c2cccc(Br)c2)/C1=C(\O)c1ccc2c(c1)OCCO2. The molecule has 1 N–H and O–H groups in total. The number of Topliss-reactive ketones (excluding diaryl/α,β-unsaturated/α-hetero) is 1. The lowest BCUT2D eigenvalue weighted by atomic mass is 9.95. The third-order valence-corrected chi connectivity index (χ3v) is 6.44. The Morgan fingerprint density at radius 2 is 1.88 bits per heavy atom. The van der Waals surface area contributed by atoms with Crippen molar-refractivity contribution < 1.29 is 28.9 Å². The number of likely N-dealkylation sites (tertiary alicyclic amines) is 1. The van der Waals surface area contributed by atoms with Crippen LogP contribution in [-0.4, -0.2) is 54.2 Å². The Kier molecular flexibility index (Phi) is 5.65. The molecule has 5 rings (SSSR count). The van der Waals surface area contributed by atoms with Crippen molar-refractivity contribution in [3.05, 3.63) is 63.6 Å². The Bertz CT molecular complexity index is 1110. The van der Waals surface area contributed by atoms with Gasteiger partial charge >= 0.3 is 0 Å². The van der Waals surface area contributed by atoms with Gasteiger partial charge in [-0.15, -0.1) is 0 Å². The minimum absolute atomic E-state index is 0.0581. The van der Waals surface area contributed by atoms with Crippen LogP contribution in [0.15, 0.2) is 52.5 Å². The summed E-state index contributed by atoms with van der Waals surface area (Å²) in [6, 6.07) is 11.7. The lowest BCUT2D eigenvalue weighted by molar-refractivity contribution is -0.140. The predicted molar refractivity (Wildman–Crippen MR) is 120 cm³/mol. The van der Waals surface area contributed by atoms with E-state index in [-0.39, 0.29) is 17.4 Å². The second-order valence-electron chi connectivity index (χ2n) is 8.00. The van der Waals surface area contributed by atoms with E-state index in [9.17, 15) is 14.7 Å². The molecule has 2 atom stereocenters. The van der Waals surface area contributed by atoms with Crippen molar-refractivity contribution in [2.24, 2.45) is 0 Å². The third-order valence-electron chi connectivity index (χ3n) is 5.94.